The Bertz CT molecular complexity index is 757. The van der Waals surface area contributed by atoms with E-state index in [2.05, 4.69) is 5.32 Å². The second-order valence-corrected chi connectivity index (χ2v) is 5.29. The molecule has 0 heterocycles. The van der Waals surface area contributed by atoms with Crippen LogP contribution in [-0.4, -0.2) is 16.6 Å². The quantitative estimate of drug-likeness (QED) is 0.476. The van der Waals surface area contributed by atoms with Crippen LogP contribution in [0.2, 0.25) is 0 Å². The van der Waals surface area contributed by atoms with E-state index in [1.807, 2.05) is 13.0 Å². The number of aryl methyl sites for hydroxylation is 1. The summed E-state index contributed by atoms with van der Waals surface area (Å²) in [5.74, 6) is -0.462. The van der Waals surface area contributed by atoms with Crippen LogP contribution in [0.5, 0.6) is 0 Å². The van der Waals surface area contributed by atoms with Gasteiger partial charge in [-0.2, -0.15) is 0 Å². The summed E-state index contributed by atoms with van der Waals surface area (Å²) < 4.78 is 0. The zero-order chi connectivity index (χ0) is 17.5. The molecule has 24 heavy (non-hydrogen) atoms. The van der Waals surface area contributed by atoms with E-state index in [9.17, 15) is 19.7 Å². The molecule has 2 rings (SSSR count). The van der Waals surface area contributed by atoms with E-state index >= 15 is 0 Å². The highest BCUT2D eigenvalue weighted by Gasteiger charge is 2.15. The van der Waals surface area contributed by atoms with E-state index < -0.39 is 4.92 Å². The Morgan fingerprint density at radius 1 is 1.08 bits per heavy atom. The Morgan fingerprint density at radius 3 is 2.42 bits per heavy atom. The number of rotatable bonds is 7. The molecule has 0 bridgehead atoms. The Labute approximate surface area is 139 Å². The van der Waals surface area contributed by atoms with Crippen LogP contribution >= 0.6 is 0 Å². The number of carbonyl (C=O) groups is 2. The molecule has 1 N–H and O–H groups in total. The molecular weight excluding hydrogens is 308 g/mol. The van der Waals surface area contributed by atoms with Gasteiger partial charge in [0.2, 0.25) is 5.91 Å². The molecule has 0 saturated carbocycles. The summed E-state index contributed by atoms with van der Waals surface area (Å²) in [6.07, 6.45) is 0.651. The van der Waals surface area contributed by atoms with Gasteiger partial charge >= 0.3 is 0 Å². The zero-order valence-corrected chi connectivity index (χ0v) is 13.3. The Hall–Kier alpha value is -3.02. The van der Waals surface area contributed by atoms with Gasteiger partial charge in [0.25, 0.3) is 5.69 Å². The van der Waals surface area contributed by atoms with Crippen LogP contribution in [-0.2, 0) is 11.2 Å². The number of Topliss-reactive ketones (excluding diaryl/α,β-unsaturated/α-hetero) is 1. The van der Waals surface area contributed by atoms with Crippen molar-refractivity contribution < 1.29 is 14.5 Å². The van der Waals surface area contributed by atoms with Gasteiger partial charge in [0, 0.05) is 35.7 Å². The molecular formula is C18H18N2O4. The smallest absolute Gasteiger partial charge is 0.274 e. The first-order valence-electron chi connectivity index (χ1n) is 7.66. The van der Waals surface area contributed by atoms with Gasteiger partial charge in [0.05, 0.1) is 4.92 Å². The zero-order valence-electron chi connectivity index (χ0n) is 13.3. The van der Waals surface area contributed by atoms with Crippen LogP contribution in [0.25, 0.3) is 0 Å². The van der Waals surface area contributed by atoms with Gasteiger partial charge in [0.1, 0.15) is 0 Å². The summed E-state index contributed by atoms with van der Waals surface area (Å²) >= 11 is 0. The minimum Gasteiger partial charge on any atom is -0.326 e. The number of nitro groups is 1. The molecule has 2 aromatic carbocycles. The minimum atomic E-state index is -0.465. The predicted octanol–water partition coefficient (Wildman–Crippen LogP) is 3.76. The summed E-state index contributed by atoms with van der Waals surface area (Å²) in [7, 11) is 0. The van der Waals surface area contributed by atoms with Gasteiger partial charge in [0.15, 0.2) is 5.78 Å². The standard InChI is InChI=1S/C18H18N2O4/c1-2-13-8-9-15(12-16(13)20(23)24)19-18(22)11-10-17(21)14-6-4-3-5-7-14/h3-9,12H,2,10-11H2,1H3,(H,19,22). The van der Waals surface area contributed by atoms with Gasteiger partial charge in [-0.3, -0.25) is 19.7 Å². The third-order valence-electron chi connectivity index (χ3n) is 3.62. The van der Waals surface area contributed by atoms with Crippen LogP contribution < -0.4 is 5.32 Å². The molecule has 0 unspecified atom stereocenters. The summed E-state index contributed by atoms with van der Waals surface area (Å²) in [5, 5.41) is 13.6. The number of anilines is 1. The van der Waals surface area contributed by atoms with E-state index in [-0.39, 0.29) is 30.2 Å². The molecule has 0 aromatic heterocycles. The largest absolute Gasteiger partial charge is 0.326 e. The highest BCUT2D eigenvalue weighted by Crippen LogP contribution is 2.23. The monoisotopic (exact) mass is 326 g/mol. The molecule has 2 aromatic rings. The van der Waals surface area contributed by atoms with Gasteiger partial charge in [-0.1, -0.05) is 43.3 Å². The molecule has 0 aliphatic heterocycles. The molecule has 6 heteroatoms. The third kappa shape index (κ3) is 4.49. The fraction of sp³-hybridized carbons (Fsp3) is 0.222. The van der Waals surface area contributed by atoms with Crippen molar-refractivity contribution >= 4 is 23.1 Å². The van der Waals surface area contributed by atoms with E-state index in [0.29, 0.717) is 23.2 Å². The van der Waals surface area contributed by atoms with E-state index in [1.54, 1.807) is 36.4 Å². The number of nitrogens with zero attached hydrogens (tertiary/aromatic N) is 1. The van der Waals surface area contributed by atoms with Crippen molar-refractivity contribution in [3.63, 3.8) is 0 Å². The van der Waals surface area contributed by atoms with Gasteiger partial charge < -0.3 is 5.32 Å². The van der Waals surface area contributed by atoms with E-state index in [4.69, 9.17) is 0 Å². The van der Waals surface area contributed by atoms with Crippen LogP contribution in [0.1, 0.15) is 35.7 Å². The molecule has 0 spiro atoms. The van der Waals surface area contributed by atoms with Crippen molar-refractivity contribution in [1.82, 2.24) is 0 Å². The van der Waals surface area contributed by atoms with Gasteiger partial charge in [-0.15, -0.1) is 0 Å². The molecule has 0 aliphatic rings. The molecule has 6 nitrogen and oxygen atoms in total. The van der Waals surface area contributed by atoms with Crippen LogP contribution in [0.15, 0.2) is 48.5 Å². The summed E-state index contributed by atoms with van der Waals surface area (Å²) in [6, 6.07) is 13.3. The number of hydrogen-bond donors (Lipinski definition) is 1. The maximum atomic E-state index is 12.0. The number of nitro benzene ring substituents is 1. The normalized spacial score (nSPS) is 10.2. The first-order valence-corrected chi connectivity index (χ1v) is 7.66. The lowest BCUT2D eigenvalue weighted by atomic mass is 10.1. The summed E-state index contributed by atoms with van der Waals surface area (Å²) in [5.41, 5.74) is 1.51. The van der Waals surface area contributed by atoms with E-state index in [0.717, 1.165) is 0 Å². The minimum absolute atomic E-state index is 0.0179. The Balaban J connectivity index is 1.96. The SMILES string of the molecule is CCc1ccc(NC(=O)CCC(=O)c2ccccc2)cc1[N+](=O)[O-]. The van der Waals surface area contributed by atoms with Crippen molar-refractivity contribution in [3.05, 3.63) is 69.8 Å². The van der Waals surface area contributed by atoms with Crippen molar-refractivity contribution in [3.8, 4) is 0 Å². The highest BCUT2D eigenvalue weighted by molar-refractivity contribution is 6.00. The number of carbonyl (C=O) groups excluding carboxylic acids is 2. The molecule has 1 amide bonds. The van der Waals surface area contributed by atoms with Gasteiger partial charge in [-0.05, 0) is 12.5 Å². The van der Waals surface area contributed by atoms with Crippen molar-refractivity contribution in [2.75, 3.05) is 5.32 Å². The molecule has 0 radical (unpaired) electrons. The number of amides is 1. The first-order chi connectivity index (χ1) is 11.5. The molecule has 0 fully saturated rings. The van der Waals surface area contributed by atoms with Gasteiger partial charge in [-0.25, -0.2) is 0 Å². The van der Waals surface area contributed by atoms with Crippen molar-refractivity contribution in [2.24, 2.45) is 0 Å². The molecule has 0 atom stereocenters. The lowest BCUT2D eigenvalue weighted by Gasteiger charge is -2.07. The van der Waals surface area contributed by atoms with Crippen molar-refractivity contribution in [1.29, 1.82) is 0 Å². The summed E-state index contributed by atoms with van der Waals surface area (Å²) in [4.78, 5) is 34.5. The topological polar surface area (TPSA) is 89.3 Å². The Morgan fingerprint density at radius 2 is 1.79 bits per heavy atom. The lowest BCUT2D eigenvalue weighted by molar-refractivity contribution is -0.385. The third-order valence-corrected chi connectivity index (χ3v) is 3.62. The van der Waals surface area contributed by atoms with Crippen molar-refractivity contribution in [2.45, 2.75) is 26.2 Å². The van der Waals surface area contributed by atoms with Crippen LogP contribution in [0.3, 0.4) is 0 Å². The second-order valence-electron chi connectivity index (χ2n) is 5.29. The number of hydrogen-bond acceptors (Lipinski definition) is 4. The maximum Gasteiger partial charge on any atom is 0.274 e. The van der Waals surface area contributed by atoms with E-state index in [1.165, 1.54) is 6.07 Å². The number of ketones is 1. The first kappa shape index (κ1) is 17.3. The molecule has 0 aliphatic carbocycles. The average molecular weight is 326 g/mol. The fourth-order valence-corrected chi connectivity index (χ4v) is 2.33. The fourth-order valence-electron chi connectivity index (χ4n) is 2.33. The Kier molecular flexibility index (Phi) is 5.78. The molecule has 0 saturated heterocycles. The number of benzene rings is 2. The van der Waals surface area contributed by atoms with Crippen LogP contribution in [0.4, 0.5) is 11.4 Å². The average Bonchev–Trinajstić information content (AvgIpc) is 2.60. The summed E-state index contributed by atoms with van der Waals surface area (Å²) in [6.45, 7) is 1.83. The number of nitrogens with one attached hydrogen (secondary N) is 1. The molecule has 124 valence electrons. The highest BCUT2D eigenvalue weighted by atomic mass is 16.6. The maximum absolute atomic E-state index is 12.0. The lowest BCUT2D eigenvalue weighted by Crippen LogP contribution is -2.13. The predicted molar refractivity (Wildman–Crippen MR) is 91.1 cm³/mol. The van der Waals surface area contributed by atoms with Crippen LogP contribution in [0, 0.1) is 10.1 Å². The second kappa shape index (κ2) is 8.01.